The van der Waals surface area contributed by atoms with Crippen LogP contribution in [0.2, 0.25) is 0 Å². The molecule has 0 aliphatic carbocycles. The number of aryl methyl sites for hydroxylation is 1. The predicted molar refractivity (Wildman–Crippen MR) is 171 cm³/mol. The Hall–Kier alpha value is -4.67. The number of nitrogens with zero attached hydrogens (tertiary/aromatic N) is 3. The Morgan fingerprint density at radius 2 is 1.53 bits per heavy atom. The average Bonchev–Trinajstić information content (AvgIpc) is 3.68. The summed E-state index contributed by atoms with van der Waals surface area (Å²) in [4.78, 5) is 59.2. The first-order chi connectivity index (χ1) is 21.3. The maximum atomic E-state index is 13.6. The van der Waals surface area contributed by atoms with Gasteiger partial charge in [0, 0.05) is 19.3 Å². The molecule has 1 aromatic heterocycles. The lowest BCUT2D eigenvalue weighted by Crippen LogP contribution is -2.59. The maximum absolute atomic E-state index is 13.6. The van der Waals surface area contributed by atoms with Crippen LogP contribution in [0.5, 0.6) is 0 Å². The normalized spacial score (nSPS) is 14.7. The van der Waals surface area contributed by atoms with E-state index in [0.29, 0.717) is 25.9 Å². The molecule has 2 atom stereocenters. The number of anilines is 1. The number of alkyl carbamates (subject to hydrolysis) is 1. The summed E-state index contributed by atoms with van der Waals surface area (Å²) in [5.74, 6) is -0.797. The van der Waals surface area contributed by atoms with E-state index in [1.807, 2.05) is 65.6 Å². The van der Waals surface area contributed by atoms with Gasteiger partial charge in [0.1, 0.15) is 23.2 Å². The van der Waals surface area contributed by atoms with Crippen molar-refractivity contribution in [3.63, 3.8) is 0 Å². The van der Waals surface area contributed by atoms with E-state index in [2.05, 4.69) is 20.9 Å². The summed E-state index contributed by atoms with van der Waals surface area (Å²) in [6.07, 6.45) is 5.19. The van der Waals surface area contributed by atoms with Crippen LogP contribution in [0.4, 0.5) is 10.6 Å². The molecule has 11 heteroatoms. The number of carbonyl (C=O) groups excluding carboxylic acids is 4. The van der Waals surface area contributed by atoms with Crippen LogP contribution in [-0.4, -0.2) is 68.5 Å². The molecule has 1 aliphatic heterocycles. The van der Waals surface area contributed by atoms with Gasteiger partial charge < -0.3 is 30.2 Å². The average molecular weight is 617 g/mol. The molecular formula is C34H44N6O5. The number of likely N-dealkylation sites (tertiary alicyclic amines) is 1. The number of hydrogen-bond donors (Lipinski definition) is 3. The van der Waals surface area contributed by atoms with Gasteiger partial charge in [-0.25, -0.2) is 9.78 Å². The van der Waals surface area contributed by atoms with Gasteiger partial charge in [0.25, 0.3) is 0 Å². The number of imidazole rings is 1. The minimum atomic E-state index is -1.37. The van der Waals surface area contributed by atoms with Gasteiger partial charge in [0.05, 0.1) is 6.33 Å². The van der Waals surface area contributed by atoms with Gasteiger partial charge in [-0.2, -0.15) is 0 Å². The van der Waals surface area contributed by atoms with Crippen molar-refractivity contribution in [2.75, 3.05) is 18.4 Å². The molecule has 0 bridgehead atoms. The molecule has 11 nitrogen and oxygen atoms in total. The summed E-state index contributed by atoms with van der Waals surface area (Å²) in [6.45, 7) is 9.70. The number of benzene rings is 2. The molecule has 0 radical (unpaired) electrons. The highest BCUT2D eigenvalue weighted by molar-refractivity contribution is 5.98. The number of ether oxygens (including phenoxy) is 1. The summed E-state index contributed by atoms with van der Waals surface area (Å²) in [6, 6.07) is 17.5. The fraction of sp³-hybridized carbons (Fsp3) is 0.441. The van der Waals surface area contributed by atoms with Gasteiger partial charge in [-0.3, -0.25) is 14.4 Å². The lowest BCUT2D eigenvalue weighted by molar-refractivity contribution is -0.132. The molecule has 45 heavy (non-hydrogen) atoms. The van der Waals surface area contributed by atoms with Gasteiger partial charge >= 0.3 is 6.09 Å². The molecule has 0 spiro atoms. The zero-order chi connectivity index (χ0) is 32.6. The molecule has 1 aliphatic rings. The lowest BCUT2D eigenvalue weighted by Gasteiger charge is -2.29. The standard InChI is InChI=1S/C34H44N6O5/c1-33(2,3)45-32(44)38-34(4,5)31(43)36-26(19-18-24-14-8-6-9-15-24)29(41)37-27-22-40(23-35-27)28(25-16-10-7-11-17-25)30(42)39-20-12-13-21-39/h6-11,14-17,22-23,26,28H,12-13,18-21H2,1-5H3,(H,36,43)(H,37,41)(H,38,44)/t26-,28?/m1/s1. The quantitative estimate of drug-likeness (QED) is 0.291. The van der Waals surface area contributed by atoms with Crippen LogP contribution >= 0.6 is 0 Å². The topological polar surface area (TPSA) is 135 Å². The first-order valence-corrected chi connectivity index (χ1v) is 15.4. The first-order valence-electron chi connectivity index (χ1n) is 15.4. The van der Waals surface area contributed by atoms with Crippen LogP contribution in [0.3, 0.4) is 0 Å². The molecule has 2 aromatic carbocycles. The lowest BCUT2D eigenvalue weighted by atomic mass is 10.0. The van der Waals surface area contributed by atoms with E-state index in [-0.39, 0.29) is 11.7 Å². The van der Waals surface area contributed by atoms with Crippen molar-refractivity contribution in [1.29, 1.82) is 0 Å². The molecule has 4 amide bonds. The fourth-order valence-corrected chi connectivity index (χ4v) is 5.12. The van der Waals surface area contributed by atoms with Crippen molar-refractivity contribution in [2.45, 2.75) is 83.5 Å². The number of nitrogens with one attached hydrogen (secondary N) is 3. The molecule has 240 valence electrons. The van der Waals surface area contributed by atoms with E-state index in [1.165, 1.54) is 6.33 Å². The second-order valence-electron chi connectivity index (χ2n) is 12.8. The molecule has 2 heterocycles. The molecule has 1 fully saturated rings. The Morgan fingerprint density at radius 3 is 2.16 bits per heavy atom. The van der Waals surface area contributed by atoms with E-state index in [0.717, 1.165) is 24.0 Å². The van der Waals surface area contributed by atoms with E-state index >= 15 is 0 Å². The van der Waals surface area contributed by atoms with Gasteiger partial charge in [-0.05, 0) is 71.4 Å². The van der Waals surface area contributed by atoms with Crippen molar-refractivity contribution < 1.29 is 23.9 Å². The molecular weight excluding hydrogens is 572 g/mol. The number of carbonyl (C=O) groups is 4. The second kappa shape index (κ2) is 14.4. The summed E-state index contributed by atoms with van der Waals surface area (Å²) < 4.78 is 7.02. The molecule has 4 rings (SSSR count). The molecule has 1 unspecified atom stereocenters. The zero-order valence-electron chi connectivity index (χ0n) is 26.7. The van der Waals surface area contributed by atoms with Crippen molar-refractivity contribution in [2.24, 2.45) is 0 Å². The van der Waals surface area contributed by atoms with E-state index < -0.39 is 41.1 Å². The van der Waals surface area contributed by atoms with Crippen LogP contribution in [0, 0.1) is 0 Å². The van der Waals surface area contributed by atoms with Crippen LogP contribution in [0.15, 0.2) is 73.2 Å². The largest absolute Gasteiger partial charge is 0.444 e. The van der Waals surface area contributed by atoms with Crippen molar-refractivity contribution in [1.82, 2.24) is 25.1 Å². The number of hydrogen-bond acceptors (Lipinski definition) is 6. The Labute approximate surface area is 264 Å². The highest BCUT2D eigenvalue weighted by atomic mass is 16.6. The minimum absolute atomic E-state index is 0.0262. The minimum Gasteiger partial charge on any atom is -0.444 e. The van der Waals surface area contributed by atoms with Gasteiger partial charge in [0.2, 0.25) is 17.7 Å². The van der Waals surface area contributed by atoms with Crippen LogP contribution in [0.25, 0.3) is 0 Å². The SMILES string of the molecule is CC(C)(C)OC(=O)NC(C)(C)C(=O)N[C@H](CCc1ccccc1)C(=O)Nc1cn(C(C(=O)N2CCCC2)c2ccccc2)cn1. The highest BCUT2D eigenvalue weighted by Gasteiger charge is 2.35. The third-order valence-electron chi connectivity index (χ3n) is 7.49. The van der Waals surface area contributed by atoms with Crippen LogP contribution < -0.4 is 16.0 Å². The predicted octanol–water partition coefficient (Wildman–Crippen LogP) is 4.45. The summed E-state index contributed by atoms with van der Waals surface area (Å²) >= 11 is 0. The summed E-state index contributed by atoms with van der Waals surface area (Å²) in [7, 11) is 0. The first kappa shape index (κ1) is 33.2. The Bertz CT molecular complexity index is 1460. The van der Waals surface area contributed by atoms with Crippen molar-refractivity contribution in [3.05, 3.63) is 84.3 Å². The monoisotopic (exact) mass is 616 g/mol. The number of rotatable bonds is 11. The van der Waals surface area contributed by atoms with Crippen molar-refractivity contribution >= 4 is 29.6 Å². The Kier molecular flexibility index (Phi) is 10.6. The smallest absolute Gasteiger partial charge is 0.408 e. The number of amides is 4. The van der Waals surface area contributed by atoms with Gasteiger partial charge in [-0.1, -0.05) is 60.7 Å². The van der Waals surface area contributed by atoms with E-state index in [9.17, 15) is 19.2 Å². The molecule has 1 saturated heterocycles. The second-order valence-corrected chi connectivity index (χ2v) is 12.8. The van der Waals surface area contributed by atoms with E-state index in [4.69, 9.17) is 4.74 Å². The maximum Gasteiger partial charge on any atom is 0.408 e. The Morgan fingerprint density at radius 1 is 0.911 bits per heavy atom. The molecule has 3 N–H and O–H groups in total. The zero-order valence-corrected chi connectivity index (χ0v) is 26.7. The fourth-order valence-electron chi connectivity index (χ4n) is 5.12. The Balaban J connectivity index is 1.51. The third kappa shape index (κ3) is 9.41. The number of aromatic nitrogens is 2. The molecule has 3 aromatic rings. The third-order valence-corrected chi connectivity index (χ3v) is 7.49. The van der Waals surface area contributed by atoms with Crippen LogP contribution in [-0.2, 0) is 25.5 Å². The van der Waals surface area contributed by atoms with Crippen molar-refractivity contribution in [3.8, 4) is 0 Å². The highest BCUT2D eigenvalue weighted by Crippen LogP contribution is 2.25. The summed E-state index contributed by atoms with van der Waals surface area (Å²) in [5, 5.41) is 8.22. The van der Waals surface area contributed by atoms with Crippen LogP contribution in [0.1, 0.15) is 71.0 Å². The van der Waals surface area contributed by atoms with Gasteiger partial charge in [0.15, 0.2) is 5.82 Å². The van der Waals surface area contributed by atoms with Gasteiger partial charge in [-0.15, -0.1) is 0 Å². The van der Waals surface area contributed by atoms with E-state index in [1.54, 1.807) is 45.4 Å². The molecule has 0 saturated carbocycles. The summed E-state index contributed by atoms with van der Waals surface area (Å²) in [5.41, 5.74) is -0.284.